The van der Waals surface area contributed by atoms with Gasteiger partial charge in [0.1, 0.15) is 23.3 Å². The Morgan fingerprint density at radius 3 is 2.32 bits per heavy atom. The Labute approximate surface area is 212 Å². The molecule has 1 amide bonds. The summed E-state index contributed by atoms with van der Waals surface area (Å²) < 4.78 is 57.8. The van der Waals surface area contributed by atoms with Crippen LogP contribution in [0.25, 0.3) is 0 Å². The van der Waals surface area contributed by atoms with Crippen molar-refractivity contribution < 1.29 is 27.1 Å². The van der Waals surface area contributed by atoms with Crippen LogP contribution in [0.1, 0.15) is 37.8 Å². The zero-order valence-corrected chi connectivity index (χ0v) is 20.7. The fourth-order valence-electron chi connectivity index (χ4n) is 5.92. The molecule has 8 nitrogen and oxygen atoms in total. The smallest absolute Gasteiger partial charge is 0.421 e. The number of amides is 1. The molecule has 0 radical (unpaired) electrons. The molecule has 0 unspecified atom stereocenters. The second kappa shape index (κ2) is 9.30. The maximum atomic E-state index is 13.1. The molecule has 12 heteroatoms. The van der Waals surface area contributed by atoms with E-state index in [4.69, 9.17) is 10.5 Å². The summed E-state index contributed by atoms with van der Waals surface area (Å²) in [6.07, 6.45) is -2.79. The largest absolute Gasteiger partial charge is 0.446 e. The van der Waals surface area contributed by atoms with Gasteiger partial charge in [0.05, 0.1) is 12.1 Å². The van der Waals surface area contributed by atoms with E-state index in [1.54, 1.807) is 21.9 Å². The Morgan fingerprint density at radius 2 is 1.76 bits per heavy atom. The number of nitrogen functional groups attached to an aromatic ring is 1. The molecule has 2 atom stereocenters. The second-order valence-electron chi connectivity index (χ2n) is 10.7. The molecule has 5 rings (SSSR count). The number of carbonyl (C=O) groups excluding carboxylic acids is 1. The van der Waals surface area contributed by atoms with Gasteiger partial charge in [-0.25, -0.2) is 14.2 Å². The summed E-state index contributed by atoms with van der Waals surface area (Å²) in [5.74, 6) is -0.755. The van der Waals surface area contributed by atoms with Crippen LogP contribution in [-0.2, 0) is 17.5 Å². The summed E-state index contributed by atoms with van der Waals surface area (Å²) in [5, 5.41) is 0. The average molecular weight is 523 g/mol. The highest BCUT2D eigenvalue weighted by atomic mass is 19.4. The molecule has 3 fully saturated rings. The van der Waals surface area contributed by atoms with Gasteiger partial charge in [0.2, 0.25) is 5.95 Å². The van der Waals surface area contributed by atoms with Crippen molar-refractivity contribution in [3.05, 3.63) is 47.4 Å². The summed E-state index contributed by atoms with van der Waals surface area (Å²) in [6, 6.07) is 6.02. The van der Waals surface area contributed by atoms with Crippen molar-refractivity contribution in [2.24, 2.45) is 5.41 Å². The Morgan fingerprint density at radius 1 is 1.14 bits per heavy atom. The van der Waals surface area contributed by atoms with E-state index in [0.29, 0.717) is 19.3 Å². The second-order valence-corrected chi connectivity index (χ2v) is 10.7. The van der Waals surface area contributed by atoms with E-state index >= 15 is 0 Å². The van der Waals surface area contributed by atoms with Gasteiger partial charge < -0.3 is 15.4 Å². The third-order valence-electron chi connectivity index (χ3n) is 7.55. The number of nitrogens with two attached hydrogens (primary N) is 1. The van der Waals surface area contributed by atoms with Gasteiger partial charge in [0, 0.05) is 44.3 Å². The van der Waals surface area contributed by atoms with Crippen LogP contribution in [-0.4, -0.2) is 70.2 Å². The van der Waals surface area contributed by atoms with Crippen molar-refractivity contribution in [2.75, 3.05) is 36.8 Å². The molecule has 1 spiro atoms. The molecule has 2 aliphatic heterocycles. The van der Waals surface area contributed by atoms with E-state index < -0.39 is 17.6 Å². The fraction of sp³-hybridized carbons (Fsp3) is 0.560. The van der Waals surface area contributed by atoms with Gasteiger partial charge in [-0.2, -0.15) is 18.2 Å². The molecule has 0 bridgehead atoms. The number of hydrogen-bond donors (Lipinski definition) is 1. The van der Waals surface area contributed by atoms with E-state index in [9.17, 15) is 22.4 Å². The monoisotopic (exact) mass is 522 g/mol. The van der Waals surface area contributed by atoms with E-state index in [2.05, 4.69) is 14.9 Å². The Balaban J connectivity index is 1.10. The van der Waals surface area contributed by atoms with Gasteiger partial charge in [-0.1, -0.05) is 12.1 Å². The number of aromatic nitrogens is 2. The van der Waals surface area contributed by atoms with Crippen LogP contribution in [0, 0.1) is 11.2 Å². The number of anilines is 2. The number of rotatable bonds is 4. The van der Waals surface area contributed by atoms with Crippen LogP contribution in [0.5, 0.6) is 0 Å². The maximum absolute atomic E-state index is 13.1. The number of hydrogen-bond acceptors (Lipinski definition) is 7. The number of piperazine rings is 1. The molecule has 2 saturated heterocycles. The van der Waals surface area contributed by atoms with Gasteiger partial charge >= 0.3 is 12.3 Å². The first-order valence-electron chi connectivity index (χ1n) is 12.3. The number of likely N-dealkylation sites (tertiary alicyclic amines) is 1. The van der Waals surface area contributed by atoms with Crippen LogP contribution in [0.3, 0.4) is 0 Å². The predicted octanol–water partition coefficient (Wildman–Crippen LogP) is 3.92. The predicted molar refractivity (Wildman–Crippen MR) is 128 cm³/mol. The number of benzene rings is 1. The zero-order valence-electron chi connectivity index (χ0n) is 20.7. The van der Waals surface area contributed by atoms with E-state index in [0.717, 1.165) is 38.0 Å². The van der Waals surface area contributed by atoms with Gasteiger partial charge in [-0.3, -0.25) is 9.80 Å². The first kappa shape index (κ1) is 25.5. The molecule has 2 aromatic rings. The lowest BCUT2D eigenvalue weighted by molar-refractivity contribution is -0.138. The zero-order chi connectivity index (χ0) is 26.5. The Bertz CT molecular complexity index is 1130. The minimum atomic E-state index is -4.62. The van der Waals surface area contributed by atoms with Gasteiger partial charge in [0.25, 0.3) is 0 Å². The molecular weight excluding hydrogens is 492 g/mol. The highest BCUT2D eigenvalue weighted by Gasteiger charge is 2.54. The van der Waals surface area contributed by atoms with Crippen molar-refractivity contribution in [3.63, 3.8) is 0 Å². The van der Waals surface area contributed by atoms with E-state index in [1.807, 2.05) is 13.8 Å². The first-order chi connectivity index (χ1) is 17.4. The average Bonchev–Trinajstić information content (AvgIpc) is 2.76. The SMILES string of the molecule is C[C@@H]1CN(c2ncc(C(F)(F)F)c(N)n2)C[C@H](C)N1C(=O)OC1CC2(C1)CN(Cc1ccc(F)cc1)C2. The molecule has 3 heterocycles. The van der Waals surface area contributed by atoms with E-state index in [1.165, 1.54) is 12.1 Å². The summed E-state index contributed by atoms with van der Waals surface area (Å²) >= 11 is 0. The van der Waals surface area contributed by atoms with Gasteiger partial charge in [-0.15, -0.1) is 0 Å². The summed E-state index contributed by atoms with van der Waals surface area (Å²) in [7, 11) is 0. The molecule has 200 valence electrons. The standard InChI is InChI=1S/C25H30F4N6O2/c1-15-10-34(22-31-9-20(21(30)32-22)25(27,28)29)11-16(2)35(15)23(36)37-19-7-24(8-19)13-33(14-24)12-17-3-5-18(26)6-4-17/h3-6,9,15-16,19H,7-8,10-14H2,1-2H3,(H2,30,31,32)/t15-,16+. The van der Waals surface area contributed by atoms with Crippen LogP contribution >= 0.6 is 0 Å². The van der Waals surface area contributed by atoms with Gasteiger partial charge in [0.15, 0.2) is 0 Å². The lowest BCUT2D eigenvalue weighted by atomic mass is 9.61. The fourth-order valence-corrected chi connectivity index (χ4v) is 5.92. The number of ether oxygens (including phenoxy) is 1. The molecule has 37 heavy (non-hydrogen) atoms. The summed E-state index contributed by atoms with van der Waals surface area (Å²) in [5.41, 5.74) is 5.72. The number of carbonyl (C=O) groups is 1. The van der Waals surface area contributed by atoms with Crippen molar-refractivity contribution in [1.82, 2.24) is 19.8 Å². The summed E-state index contributed by atoms with van der Waals surface area (Å²) in [4.78, 5) is 26.4. The van der Waals surface area contributed by atoms with E-state index in [-0.39, 0.29) is 41.5 Å². The first-order valence-corrected chi connectivity index (χ1v) is 12.3. The molecule has 2 N–H and O–H groups in total. The number of nitrogens with zero attached hydrogens (tertiary/aromatic N) is 5. The molecule has 3 aliphatic rings. The van der Waals surface area contributed by atoms with Crippen LogP contribution in [0.4, 0.5) is 34.1 Å². The highest BCUT2D eigenvalue weighted by Crippen LogP contribution is 2.50. The van der Waals surface area contributed by atoms with Crippen molar-refractivity contribution in [1.29, 1.82) is 0 Å². The van der Waals surface area contributed by atoms with Crippen molar-refractivity contribution in [2.45, 2.75) is 57.6 Å². The molecule has 1 aliphatic carbocycles. The molecule has 1 saturated carbocycles. The van der Waals surface area contributed by atoms with Crippen LogP contribution < -0.4 is 10.6 Å². The Kier molecular flexibility index (Phi) is 6.41. The molecule has 1 aromatic heterocycles. The summed E-state index contributed by atoms with van der Waals surface area (Å²) in [6.45, 7) is 7.05. The minimum absolute atomic E-state index is 0.105. The van der Waals surface area contributed by atoms with Crippen LogP contribution in [0.15, 0.2) is 30.5 Å². The quantitative estimate of drug-likeness (QED) is 0.609. The molecular formula is C25H30F4N6O2. The lowest BCUT2D eigenvalue weighted by Crippen LogP contribution is -2.65. The van der Waals surface area contributed by atoms with Crippen molar-refractivity contribution >= 4 is 17.9 Å². The third-order valence-corrected chi connectivity index (χ3v) is 7.55. The van der Waals surface area contributed by atoms with Gasteiger partial charge in [-0.05, 0) is 44.4 Å². The highest BCUT2D eigenvalue weighted by molar-refractivity contribution is 5.69. The normalized spacial score (nSPS) is 24.1. The molecule has 1 aromatic carbocycles. The Hall–Kier alpha value is -3.15. The lowest BCUT2D eigenvalue weighted by Gasteiger charge is -2.58. The minimum Gasteiger partial charge on any atom is -0.446 e. The topological polar surface area (TPSA) is 87.8 Å². The number of alkyl halides is 3. The van der Waals surface area contributed by atoms with Crippen LogP contribution in [0.2, 0.25) is 0 Å². The number of halogens is 4. The third kappa shape index (κ3) is 5.16. The maximum Gasteiger partial charge on any atom is 0.421 e. The van der Waals surface area contributed by atoms with Crippen molar-refractivity contribution in [3.8, 4) is 0 Å².